The largest absolute Gasteiger partial charge is 0.477 e. The highest BCUT2D eigenvalue weighted by Gasteiger charge is 2.57. The van der Waals surface area contributed by atoms with E-state index in [0.717, 1.165) is 20.8 Å². The lowest BCUT2D eigenvalue weighted by atomic mass is 9.88. The molecular weight excluding hydrogens is 670 g/mol. The molecule has 0 spiro atoms. The monoisotopic (exact) mass is 715 g/mol. The predicted octanol–water partition coefficient (Wildman–Crippen LogP) is -7.94. The minimum Gasteiger partial charge on any atom is -0.477 e. The van der Waals surface area contributed by atoms with Gasteiger partial charge in [-0.25, -0.2) is 4.79 Å². The van der Waals surface area contributed by atoms with Gasteiger partial charge in [-0.15, -0.1) is 0 Å². The van der Waals surface area contributed by atoms with E-state index in [1.165, 1.54) is 0 Å². The minimum absolute atomic E-state index is 0.704. The number of carbonyl (C=O) groups excluding carboxylic acids is 3. The number of rotatable bonds is 13. The molecule has 0 unspecified atom stereocenters. The summed E-state index contributed by atoms with van der Waals surface area (Å²) < 4.78 is 27.8. The van der Waals surface area contributed by atoms with Crippen molar-refractivity contribution in [3.63, 3.8) is 0 Å². The van der Waals surface area contributed by atoms with E-state index in [2.05, 4.69) is 16.0 Å². The van der Waals surface area contributed by atoms with Gasteiger partial charge in [0.15, 0.2) is 12.6 Å². The van der Waals surface area contributed by atoms with Crippen molar-refractivity contribution in [3.05, 3.63) is 0 Å². The Kier molecular flexibility index (Phi) is 14.2. The SMILES string of the molecule is CC(=O)N[C@@H]1[C@@H](O[C@H]2O[C@H](CO[C@]3(C(=O)O)C[C@H](O)[C@@H](NC(C)=O)[C@H]([C@H](O)[C@H](O)CO)O3)[C@H](O)[C@H](O)[C@H]2NC(C)=O)[C@@H](O)[C@@H](CO)O[C@@H]1O. The van der Waals surface area contributed by atoms with Gasteiger partial charge < -0.3 is 90.7 Å². The zero-order valence-electron chi connectivity index (χ0n) is 26.6. The fourth-order valence-corrected chi connectivity index (χ4v) is 5.86. The van der Waals surface area contributed by atoms with E-state index in [4.69, 9.17) is 23.7 Å². The molecule has 49 heavy (non-hydrogen) atoms. The second kappa shape index (κ2) is 17.0. The lowest BCUT2D eigenvalue weighted by Crippen LogP contribution is -2.70. The average Bonchev–Trinajstić information content (AvgIpc) is 3.02. The van der Waals surface area contributed by atoms with Gasteiger partial charge in [0.05, 0.1) is 32.0 Å². The van der Waals surface area contributed by atoms with Crippen LogP contribution in [0.1, 0.15) is 27.2 Å². The second-order valence-electron chi connectivity index (χ2n) is 12.0. The number of carboxylic acids is 1. The molecule has 0 saturated carbocycles. The van der Waals surface area contributed by atoms with E-state index < -0.39 is 147 Å². The Morgan fingerprint density at radius 1 is 0.816 bits per heavy atom. The molecule has 3 fully saturated rings. The minimum atomic E-state index is -2.86. The quantitative estimate of drug-likeness (QED) is 0.0842. The number of ether oxygens (including phenoxy) is 5. The molecule has 3 rings (SSSR count). The zero-order chi connectivity index (χ0) is 37.0. The first-order valence-corrected chi connectivity index (χ1v) is 15.2. The molecule has 0 aliphatic carbocycles. The molecular formula is C27H45N3O19. The van der Waals surface area contributed by atoms with Crippen LogP contribution in [0.5, 0.6) is 0 Å². The van der Waals surface area contributed by atoms with Crippen LogP contribution in [0, 0.1) is 0 Å². The van der Waals surface area contributed by atoms with Crippen molar-refractivity contribution in [2.75, 3.05) is 19.8 Å². The van der Waals surface area contributed by atoms with E-state index in [-0.39, 0.29) is 0 Å². The first kappa shape index (κ1) is 40.7. The van der Waals surface area contributed by atoms with E-state index in [1.807, 2.05) is 0 Å². The van der Waals surface area contributed by atoms with Gasteiger partial charge in [-0.2, -0.15) is 0 Å². The Hall–Kier alpha value is -2.68. The fraction of sp³-hybridized carbons (Fsp3) is 0.852. The summed E-state index contributed by atoms with van der Waals surface area (Å²) in [6.07, 6.45) is -22.8. The van der Waals surface area contributed by atoms with Gasteiger partial charge in [0.2, 0.25) is 17.7 Å². The van der Waals surface area contributed by atoms with Crippen LogP contribution in [-0.4, -0.2) is 192 Å². The molecule has 0 bridgehead atoms. The maximum Gasteiger partial charge on any atom is 0.364 e. The number of aliphatic hydroxyl groups excluding tert-OH is 9. The Bertz CT molecular complexity index is 1170. The van der Waals surface area contributed by atoms with Crippen LogP contribution in [0.4, 0.5) is 0 Å². The molecule has 0 aromatic rings. The third kappa shape index (κ3) is 9.36. The van der Waals surface area contributed by atoms with Crippen LogP contribution < -0.4 is 16.0 Å². The molecule has 0 aromatic carbocycles. The maximum atomic E-state index is 12.5. The van der Waals surface area contributed by atoms with Gasteiger partial charge in [0.25, 0.3) is 5.79 Å². The molecule has 3 saturated heterocycles. The summed E-state index contributed by atoms with van der Waals surface area (Å²) in [7, 11) is 0. The lowest BCUT2D eigenvalue weighted by molar-refractivity contribution is -0.343. The molecule has 3 heterocycles. The first-order valence-electron chi connectivity index (χ1n) is 15.2. The highest BCUT2D eigenvalue weighted by atomic mass is 16.7. The topological polar surface area (TPSA) is 353 Å². The number of hydrogen-bond donors (Lipinski definition) is 13. The van der Waals surface area contributed by atoms with Gasteiger partial charge in [-0.3, -0.25) is 14.4 Å². The molecule has 3 aliphatic heterocycles. The standard InChI is InChI=1S/C27H45N3O19/c1-8(33)28-15-11(36)4-27(26(43)44,49-23(15)18(38)12(37)5-31)45-7-14-19(39)21(41)16(29-9(2)34)25(47-14)48-22-17(30-10(3)35)24(42)46-13(6-32)20(22)40/h11-25,31-32,36-42H,4-7H2,1-3H3,(H,28,33)(H,29,34)(H,30,35)(H,43,44)/t11-,12+,13+,14+,15+,16+,17+,18+,19-,20-,21+,22+,23+,24-,25+,27+/m0/s1. The number of amides is 3. The number of carboxylic acid groups (broad SMARTS) is 1. The van der Waals surface area contributed by atoms with Crippen LogP contribution >= 0.6 is 0 Å². The van der Waals surface area contributed by atoms with E-state index in [9.17, 15) is 70.2 Å². The number of hydrogen-bond acceptors (Lipinski definition) is 18. The van der Waals surface area contributed by atoms with Crippen molar-refractivity contribution in [1.82, 2.24) is 16.0 Å². The number of nitrogens with one attached hydrogen (secondary N) is 3. The summed E-state index contributed by atoms with van der Waals surface area (Å²) in [6.45, 7) is 0.357. The number of aliphatic hydroxyl groups is 9. The van der Waals surface area contributed by atoms with E-state index in [0.29, 0.717) is 0 Å². The van der Waals surface area contributed by atoms with Crippen molar-refractivity contribution in [2.45, 2.75) is 125 Å². The zero-order valence-corrected chi connectivity index (χ0v) is 26.6. The summed E-state index contributed by atoms with van der Waals surface area (Å²) in [5.41, 5.74) is 0. The Morgan fingerprint density at radius 2 is 1.39 bits per heavy atom. The van der Waals surface area contributed by atoms with E-state index in [1.54, 1.807) is 0 Å². The second-order valence-corrected chi connectivity index (χ2v) is 12.0. The third-order valence-corrected chi connectivity index (χ3v) is 8.27. The van der Waals surface area contributed by atoms with Crippen molar-refractivity contribution in [2.24, 2.45) is 0 Å². The van der Waals surface area contributed by atoms with Crippen molar-refractivity contribution >= 4 is 23.7 Å². The first-order chi connectivity index (χ1) is 22.9. The van der Waals surface area contributed by atoms with Crippen molar-refractivity contribution in [1.29, 1.82) is 0 Å². The molecule has 22 nitrogen and oxygen atoms in total. The normalized spacial score (nSPS) is 40.9. The molecule has 0 radical (unpaired) electrons. The lowest BCUT2D eigenvalue weighted by Gasteiger charge is -2.49. The summed E-state index contributed by atoms with van der Waals surface area (Å²) in [6, 6.07) is -4.60. The van der Waals surface area contributed by atoms with Gasteiger partial charge in [0, 0.05) is 27.2 Å². The van der Waals surface area contributed by atoms with Crippen molar-refractivity contribution in [3.8, 4) is 0 Å². The molecule has 22 heteroatoms. The molecule has 282 valence electrons. The molecule has 0 aromatic heterocycles. The maximum absolute atomic E-state index is 12.5. The number of aliphatic carboxylic acids is 1. The van der Waals surface area contributed by atoms with Crippen molar-refractivity contribution < 1.29 is 93.9 Å². The fourth-order valence-electron chi connectivity index (χ4n) is 5.86. The molecule has 3 amide bonds. The highest BCUT2D eigenvalue weighted by molar-refractivity contribution is 5.76. The molecule has 13 N–H and O–H groups in total. The van der Waals surface area contributed by atoms with Crippen LogP contribution in [0.25, 0.3) is 0 Å². The summed E-state index contributed by atoms with van der Waals surface area (Å²) >= 11 is 0. The molecule has 16 atom stereocenters. The highest BCUT2D eigenvalue weighted by Crippen LogP contribution is 2.35. The third-order valence-electron chi connectivity index (χ3n) is 8.27. The van der Waals surface area contributed by atoms with Gasteiger partial charge in [-0.05, 0) is 0 Å². The summed E-state index contributed by atoms with van der Waals surface area (Å²) in [4.78, 5) is 48.2. The predicted molar refractivity (Wildman–Crippen MR) is 153 cm³/mol. The van der Waals surface area contributed by atoms with Crippen LogP contribution in [-0.2, 0) is 42.9 Å². The van der Waals surface area contributed by atoms with Crippen LogP contribution in [0.2, 0.25) is 0 Å². The smallest absolute Gasteiger partial charge is 0.364 e. The average molecular weight is 716 g/mol. The van der Waals surface area contributed by atoms with Gasteiger partial charge in [-0.1, -0.05) is 0 Å². The summed E-state index contributed by atoms with van der Waals surface area (Å²) in [5, 5.41) is 111. The number of carbonyl (C=O) groups is 4. The van der Waals surface area contributed by atoms with E-state index >= 15 is 0 Å². The van der Waals surface area contributed by atoms with Crippen LogP contribution in [0.15, 0.2) is 0 Å². The van der Waals surface area contributed by atoms with Crippen LogP contribution in [0.3, 0.4) is 0 Å². The summed E-state index contributed by atoms with van der Waals surface area (Å²) in [5.74, 6) is -6.93. The van der Waals surface area contributed by atoms with Gasteiger partial charge in [0.1, 0.15) is 67.0 Å². The Balaban J connectivity index is 1.93. The van der Waals surface area contributed by atoms with Gasteiger partial charge >= 0.3 is 5.97 Å². The Morgan fingerprint density at radius 3 is 1.92 bits per heavy atom. The molecule has 3 aliphatic rings. The Labute approximate surface area is 278 Å².